The van der Waals surface area contributed by atoms with Crippen LogP contribution in [0.3, 0.4) is 0 Å². The van der Waals surface area contributed by atoms with Crippen LogP contribution in [0.5, 0.6) is 0 Å². The van der Waals surface area contributed by atoms with Crippen molar-refractivity contribution in [2.75, 3.05) is 0 Å². The molecule has 0 aromatic heterocycles. The molecule has 0 aromatic carbocycles. The summed E-state index contributed by atoms with van der Waals surface area (Å²) in [6, 6.07) is 0. The molecule has 0 saturated carbocycles. The first-order chi connectivity index (χ1) is 6.72. The average molecular weight is 202 g/mol. The van der Waals surface area contributed by atoms with Gasteiger partial charge in [-0.1, -0.05) is 51.7 Å². The predicted octanol–water partition coefficient (Wildman–Crippen LogP) is 5.07. The van der Waals surface area contributed by atoms with E-state index in [9.17, 15) is 8.78 Å². The summed E-state index contributed by atoms with van der Waals surface area (Å²) in [6.07, 6.45) is 6.91. The molecule has 0 rings (SSSR count). The van der Waals surface area contributed by atoms with E-state index in [1.807, 2.05) is 0 Å². The van der Waals surface area contributed by atoms with Crippen molar-refractivity contribution >= 4 is 0 Å². The molecule has 0 radical (unpaired) electrons. The molecule has 2 heteroatoms. The van der Waals surface area contributed by atoms with E-state index in [-0.39, 0.29) is 5.57 Å². The smallest absolute Gasteiger partial charge is 0.173 e. The maximum absolute atomic E-state index is 12.1. The first-order valence-electron chi connectivity index (χ1n) is 5.39. The van der Waals surface area contributed by atoms with Crippen LogP contribution >= 0.6 is 0 Å². The molecule has 0 heterocycles. The molecule has 0 aliphatic heterocycles. The van der Waals surface area contributed by atoms with Crippen molar-refractivity contribution in [2.45, 2.75) is 51.9 Å². The van der Waals surface area contributed by atoms with Gasteiger partial charge >= 0.3 is 0 Å². The van der Waals surface area contributed by atoms with Crippen LogP contribution < -0.4 is 0 Å². The molecule has 0 nitrogen and oxygen atoms in total. The highest BCUT2D eigenvalue weighted by molar-refractivity contribution is 5.16. The molecule has 0 aliphatic rings. The molecule has 0 bridgehead atoms. The molecule has 82 valence electrons. The topological polar surface area (TPSA) is 0 Å². The van der Waals surface area contributed by atoms with E-state index in [1.165, 1.54) is 25.3 Å². The largest absolute Gasteiger partial charge is 0.273 e. The third-order valence-electron chi connectivity index (χ3n) is 2.29. The Morgan fingerprint density at radius 2 is 1.64 bits per heavy atom. The fourth-order valence-corrected chi connectivity index (χ4v) is 1.37. The number of hydrogen-bond donors (Lipinski definition) is 0. The van der Waals surface area contributed by atoms with Crippen molar-refractivity contribution in [2.24, 2.45) is 0 Å². The van der Waals surface area contributed by atoms with Gasteiger partial charge in [-0.15, -0.1) is 0 Å². The fraction of sp³-hybridized carbons (Fsp3) is 0.667. The van der Waals surface area contributed by atoms with E-state index < -0.39 is 6.08 Å². The minimum absolute atomic E-state index is 0.112. The van der Waals surface area contributed by atoms with Gasteiger partial charge in [0, 0.05) is 5.57 Å². The van der Waals surface area contributed by atoms with Crippen molar-refractivity contribution in [1.29, 1.82) is 0 Å². The predicted molar refractivity (Wildman–Crippen MR) is 57.4 cm³/mol. The molecular formula is C12H20F2. The van der Waals surface area contributed by atoms with E-state index in [4.69, 9.17) is 0 Å². The minimum atomic E-state index is -1.58. The monoisotopic (exact) mass is 202 g/mol. The van der Waals surface area contributed by atoms with Gasteiger partial charge in [0.1, 0.15) is 0 Å². The summed E-state index contributed by atoms with van der Waals surface area (Å²) in [7, 11) is 0. The third kappa shape index (κ3) is 6.81. The summed E-state index contributed by atoms with van der Waals surface area (Å²) in [5, 5.41) is 0. The molecule has 0 aliphatic carbocycles. The normalized spacial score (nSPS) is 9.93. The van der Waals surface area contributed by atoms with Crippen LogP contribution in [0.15, 0.2) is 24.3 Å². The first-order valence-corrected chi connectivity index (χ1v) is 5.39. The molecule has 0 aromatic rings. The van der Waals surface area contributed by atoms with Crippen LogP contribution in [0, 0.1) is 0 Å². The van der Waals surface area contributed by atoms with Gasteiger partial charge in [0.05, 0.1) is 0 Å². The van der Waals surface area contributed by atoms with E-state index in [0.717, 1.165) is 19.3 Å². The summed E-state index contributed by atoms with van der Waals surface area (Å²) >= 11 is 0. The number of unbranched alkanes of at least 4 members (excludes halogenated alkanes) is 5. The molecule has 0 saturated heterocycles. The molecule has 0 N–H and O–H groups in total. The van der Waals surface area contributed by atoms with Gasteiger partial charge in [-0.05, 0) is 12.8 Å². The number of halogens is 2. The Bertz CT molecular complexity index is 179. The minimum Gasteiger partial charge on any atom is -0.173 e. The van der Waals surface area contributed by atoms with Crippen LogP contribution in [0.2, 0.25) is 0 Å². The zero-order valence-corrected chi connectivity index (χ0v) is 8.99. The number of hydrogen-bond acceptors (Lipinski definition) is 0. The maximum atomic E-state index is 12.1. The van der Waals surface area contributed by atoms with Crippen LogP contribution in [0.1, 0.15) is 51.9 Å². The van der Waals surface area contributed by atoms with Gasteiger partial charge < -0.3 is 0 Å². The zero-order valence-electron chi connectivity index (χ0n) is 8.99. The summed E-state index contributed by atoms with van der Waals surface area (Å²) in [5.74, 6) is 0. The second kappa shape index (κ2) is 8.92. The zero-order chi connectivity index (χ0) is 10.8. The van der Waals surface area contributed by atoms with Crippen LogP contribution in [-0.4, -0.2) is 0 Å². The van der Waals surface area contributed by atoms with Gasteiger partial charge in [-0.3, -0.25) is 0 Å². The molecule has 0 spiro atoms. The second-order valence-electron chi connectivity index (χ2n) is 3.51. The lowest BCUT2D eigenvalue weighted by atomic mass is 10.1. The third-order valence-corrected chi connectivity index (χ3v) is 2.29. The van der Waals surface area contributed by atoms with Crippen LogP contribution in [0.4, 0.5) is 8.78 Å². The fourth-order valence-electron chi connectivity index (χ4n) is 1.37. The quantitative estimate of drug-likeness (QED) is 0.380. The maximum Gasteiger partial charge on any atom is 0.273 e. The lowest BCUT2D eigenvalue weighted by Gasteiger charge is -2.01. The van der Waals surface area contributed by atoms with Gasteiger partial charge in [0.15, 0.2) is 0 Å². The molecule has 0 unspecified atom stereocenters. The van der Waals surface area contributed by atoms with Crippen molar-refractivity contribution < 1.29 is 8.78 Å². The standard InChI is InChI=1S/C12H20F2/c1-3-5-6-7-8-9-10-11(4-2)12(13)14/h4H,2-3,5-10H2,1H3. The van der Waals surface area contributed by atoms with Crippen LogP contribution in [0.25, 0.3) is 0 Å². The average Bonchev–Trinajstić information content (AvgIpc) is 2.16. The Kier molecular flexibility index (Phi) is 8.50. The highest BCUT2D eigenvalue weighted by Gasteiger charge is 2.01. The SMILES string of the molecule is C=CC(CCCCCCCC)=C(F)F. The Morgan fingerprint density at radius 1 is 1.07 bits per heavy atom. The van der Waals surface area contributed by atoms with Crippen molar-refractivity contribution in [3.8, 4) is 0 Å². The first kappa shape index (κ1) is 13.3. The van der Waals surface area contributed by atoms with Gasteiger partial charge in [0.25, 0.3) is 6.08 Å². The lowest BCUT2D eigenvalue weighted by molar-refractivity contribution is 0.409. The number of rotatable bonds is 8. The van der Waals surface area contributed by atoms with Crippen molar-refractivity contribution in [3.05, 3.63) is 24.3 Å². The Morgan fingerprint density at radius 3 is 2.14 bits per heavy atom. The number of allylic oxidation sites excluding steroid dienone is 2. The highest BCUT2D eigenvalue weighted by Crippen LogP contribution is 2.17. The van der Waals surface area contributed by atoms with E-state index in [2.05, 4.69) is 13.5 Å². The van der Waals surface area contributed by atoms with Gasteiger partial charge in [0.2, 0.25) is 0 Å². The summed E-state index contributed by atoms with van der Waals surface area (Å²) in [4.78, 5) is 0. The van der Waals surface area contributed by atoms with E-state index >= 15 is 0 Å². The second-order valence-corrected chi connectivity index (χ2v) is 3.51. The van der Waals surface area contributed by atoms with Gasteiger partial charge in [-0.2, -0.15) is 8.78 Å². The summed E-state index contributed by atoms with van der Waals surface area (Å²) < 4.78 is 24.3. The summed E-state index contributed by atoms with van der Waals surface area (Å²) in [5.41, 5.74) is 0.112. The molecular weight excluding hydrogens is 182 g/mol. The summed E-state index contributed by atoms with van der Waals surface area (Å²) in [6.45, 7) is 5.54. The van der Waals surface area contributed by atoms with Crippen LogP contribution in [-0.2, 0) is 0 Å². The van der Waals surface area contributed by atoms with Crippen molar-refractivity contribution in [1.82, 2.24) is 0 Å². The van der Waals surface area contributed by atoms with Gasteiger partial charge in [-0.25, -0.2) is 0 Å². The van der Waals surface area contributed by atoms with Crippen molar-refractivity contribution in [3.63, 3.8) is 0 Å². The van der Waals surface area contributed by atoms with E-state index in [0.29, 0.717) is 6.42 Å². The molecule has 14 heavy (non-hydrogen) atoms. The lowest BCUT2D eigenvalue weighted by Crippen LogP contribution is -1.83. The molecule has 0 amide bonds. The Balaban J connectivity index is 3.44. The highest BCUT2D eigenvalue weighted by atomic mass is 19.3. The Labute approximate surface area is 85.7 Å². The molecule has 0 atom stereocenters. The van der Waals surface area contributed by atoms with E-state index in [1.54, 1.807) is 0 Å². The molecule has 0 fully saturated rings. The Hall–Kier alpha value is -0.660.